The molecule has 0 spiro atoms. The van der Waals surface area contributed by atoms with E-state index >= 15 is 0 Å². The molecule has 0 bridgehead atoms. The summed E-state index contributed by atoms with van der Waals surface area (Å²) in [6, 6.07) is 5.04. The van der Waals surface area contributed by atoms with E-state index in [1.165, 1.54) is 7.11 Å². The van der Waals surface area contributed by atoms with Crippen molar-refractivity contribution in [3.8, 4) is 11.5 Å². The Morgan fingerprint density at radius 3 is 2.62 bits per heavy atom. The maximum absolute atomic E-state index is 12.4. The van der Waals surface area contributed by atoms with Crippen molar-refractivity contribution < 1.29 is 24.5 Å². The van der Waals surface area contributed by atoms with Crippen LogP contribution in [0.25, 0.3) is 0 Å². The van der Waals surface area contributed by atoms with Gasteiger partial charge in [-0.2, -0.15) is 0 Å². The molecule has 1 heterocycles. The van der Waals surface area contributed by atoms with Gasteiger partial charge in [-0.25, -0.2) is 0 Å². The number of benzene rings is 1. The summed E-state index contributed by atoms with van der Waals surface area (Å²) in [5.41, 5.74) is 0.441. The highest BCUT2D eigenvalue weighted by Gasteiger charge is 2.17. The molecule has 1 aliphatic heterocycles. The average molecular weight is 361 g/mol. The normalized spacial score (nSPS) is 16.0. The number of halogens is 1. The molecule has 136 valence electrons. The van der Waals surface area contributed by atoms with Crippen molar-refractivity contribution in [2.24, 2.45) is 0 Å². The molecule has 0 aliphatic carbocycles. The van der Waals surface area contributed by atoms with E-state index in [-0.39, 0.29) is 37.6 Å². The van der Waals surface area contributed by atoms with Crippen LogP contribution in [0.3, 0.4) is 0 Å². The third-order valence-corrected chi connectivity index (χ3v) is 3.71. The van der Waals surface area contributed by atoms with Crippen LogP contribution in [0.1, 0.15) is 23.2 Å². The molecule has 0 aromatic heterocycles. The predicted octanol–water partition coefficient (Wildman–Crippen LogP) is 0.331. The maximum atomic E-state index is 12.4. The minimum absolute atomic E-state index is 0. The molecular formula is C16H25ClN2O5. The number of piperidine rings is 1. The zero-order valence-corrected chi connectivity index (χ0v) is 14.5. The van der Waals surface area contributed by atoms with E-state index in [0.29, 0.717) is 17.1 Å². The molecule has 0 radical (unpaired) electrons. The first-order chi connectivity index (χ1) is 11.1. The van der Waals surface area contributed by atoms with Crippen molar-refractivity contribution >= 4 is 18.3 Å². The van der Waals surface area contributed by atoms with Crippen molar-refractivity contribution in [1.29, 1.82) is 0 Å². The number of aliphatic hydroxyl groups excluding tert-OH is 2. The van der Waals surface area contributed by atoms with Gasteiger partial charge in [0.15, 0.2) is 0 Å². The van der Waals surface area contributed by atoms with Crippen LogP contribution in [0, 0.1) is 0 Å². The van der Waals surface area contributed by atoms with Crippen LogP contribution in [0.2, 0.25) is 0 Å². The first kappa shape index (κ1) is 20.5. The van der Waals surface area contributed by atoms with Crippen LogP contribution in [0.4, 0.5) is 0 Å². The summed E-state index contributed by atoms with van der Waals surface area (Å²) >= 11 is 0. The van der Waals surface area contributed by atoms with Crippen LogP contribution < -0.4 is 20.1 Å². The molecular weight excluding hydrogens is 336 g/mol. The van der Waals surface area contributed by atoms with Crippen LogP contribution >= 0.6 is 12.4 Å². The van der Waals surface area contributed by atoms with Crippen LogP contribution in [0.15, 0.2) is 18.2 Å². The lowest BCUT2D eigenvalue weighted by atomic mass is 10.1. The highest BCUT2D eigenvalue weighted by Crippen LogP contribution is 2.23. The molecule has 1 atom stereocenters. The van der Waals surface area contributed by atoms with E-state index < -0.39 is 6.10 Å². The van der Waals surface area contributed by atoms with Crippen LogP contribution in [0.5, 0.6) is 11.5 Å². The second-order valence-electron chi connectivity index (χ2n) is 5.54. The summed E-state index contributed by atoms with van der Waals surface area (Å²) in [6.07, 6.45) is 0.844. The number of carbonyl (C=O) groups is 1. The Bertz CT molecular complexity index is 523. The fourth-order valence-electron chi connectivity index (χ4n) is 2.38. The number of nitrogens with one attached hydrogen (secondary N) is 2. The summed E-state index contributed by atoms with van der Waals surface area (Å²) in [5, 5.41) is 24.4. The molecule has 8 heteroatoms. The van der Waals surface area contributed by atoms with Gasteiger partial charge in [-0.15, -0.1) is 12.4 Å². The van der Waals surface area contributed by atoms with Gasteiger partial charge < -0.3 is 30.3 Å². The number of amides is 1. The molecule has 1 amide bonds. The molecule has 1 aromatic rings. The SMILES string of the molecule is COc1cc(OCC(O)CO)cc(C(=O)NC2CCNCC2)c1.Cl. The molecule has 1 aromatic carbocycles. The smallest absolute Gasteiger partial charge is 0.251 e. The maximum Gasteiger partial charge on any atom is 0.251 e. The largest absolute Gasteiger partial charge is 0.497 e. The summed E-state index contributed by atoms with van der Waals surface area (Å²) < 4.78 is 10.6. The van der Waals surface area contributed by atoms with E-state index in [1.807, 2.05) is 0 Å². The van der Waals surface area contributed by atoms with E-state index in [0.717, 1.165) is 25.9 Å². The summed E-state index contributed by atoms with van der Waals surface area (Å²) in [4.78, 5) is 12.4. The highest BCUT2D eigenvalue weighted by atomic mass is 35.5. The Kier molecular flexibility index (Phi) is 8.84. The summed E-state index contributed by atoms with van der Waals surface area (Å²) in [6.45, 7) is 1.36. The average Bonchev–Trinajstić information content (AvgIpc) is 2.60. The Morgan fingerprint density at radius 1 is 1.33 bits per heavy atom. The Hall–Kier alpha value is -1.54. The molecule has 2 rings (SSSR count). The first-order valence-corrected chi connectivity index (χ1v) is 7.74. The lowest BCUT2D eigenvalue weighted by molar-refractivity contribution is 0.0535. The van der Waals surface area contributed by atoms with Gasteiger partial charge in [-0.3, -0.25) is 4.79 Å². The third kappa shape index (κ3) is 6.16. The van der Waals surface area contributed by atoms with Gasteiger partial charge >= 0.3 is 0 Å². The number of aliphatic hydroxyl groups is 2. The number of methoxy groups -OCH3 is 1. The van der Waals surface area contributed by atoms with Gasteiger partial charge in [0.2, 0.25) is 0 Å². The van der Waals surface area contributed by atoms with Gasteiger partial charge in [-0.1, -0.05) is 0 Å². The number of hydrogen-bond donors (Lipinski definition) is 4. The molecule has 1 saturated heterocycles. The fraction of sp³-hybridized carbons (Fsp3) is 0.562. The lowest BCUT2D eigenvalue weighted by Gasteiger charge is -2.23. The monoisotopic (exact) mass is 360 g/mol. The zero-order chi connectivity index (χ0) is 16.7. The van der Waals surface area contributed by atoms with E-state index in [4.69, 9.17) is 14.6 Å². The van der Waals surface area contributed by atoms with Gasteiger partial charge in [0, 0.05) is 17.7 Å². The van der Waals surface area contributed by atoms with Crippen molar-refractivity contribution in [3.05, 3.63) is 23.8 Å². The van der Waals surface area contributed by atoms with Gasteiger partial charge in [0.05, 0.1) is 13.7 Å². The molecule has 1 fully saturated rings. The summed E-state index contributed by atoms with van der Waals surface area (Å²) in [5.74, 6) is 0.729. The minimum atomic E-state index is -0.965. The molecule has 0 saturated carbocycles. The van der Waals surface area contributed by atoms with Gasteiger partial charge in [-0.05, 0) is 38.1 Å². The fourth-order valence-corrected chi connectivity index (χ4v) is 2.38. The van der Waals surface area contributed by atoms with Crippen molar-refractivity contribution in [2.45, 2.75) is 25.0 Å². The van der Waals surface area contributed by atoms with Crippen molar-refractivity contribution in [3.63, 3.8) is 0 Å². The Morgan fingerprint density at radius 2 is 2.00 bits per heavy atom. The van der Waals surface area contributed by atoms with Crippen molar-refractivity contribution in [2.75, 3.05) is 33.4 Å². The Balaban J connectivity index is 0.00000288. The van der Waals surface area contributed by atoms with Gasteiger partial charge in [0.1, 0.15) is 24.2 Å². The van der Waals surface area contributed by atoms with Crippen LogP contribution in [-0.2, 0) is 0 Å². The van der Waals surface area contributed by atoms with Gasteiger partial charge in [0.25, 0.3) is 5.91 Å². The standard InChI is InChI=1S/C16H24N2O5.ClH/c1-22-14-6-11(7-15(8-14)23-10-13(20)9-19)16(21)18-12-2-4-17-5-3-12;/h6-8,12-13,17,19-20H,2-5,9-10H2,1H3,(H,18,21);1H. The molecule has 1 unspecified atom stereocenters. The zero-order valence-electron chi connectivity index (χ0n) is 13.7. The van der Waals surface area contributed by atoms with E-state index in [9.17, 15) is 9.90 Å². The third-order valence-electron chi connectivity index (χ3n) is 3.71. The lowest BCUT2D eigenvalue weighted by Crippen LogP contribution is -2.42. The molecule has 7 nitrogen and oxygen atoms in total. The minimum Gasteiger partial charge on any atom is -0.497 e. The topological polar surface area (TPSA) is 100 Å². The quantitative estimate of drug-likeness (QED) is 0.559. The number of ether oxygens (including phenoxy) is 2. The number of hydrogen-bond acceptors (Lipinski definition) is 6. The highest BCUT2D eigenvalue weighted by molar-refractivity contribution is 5.95. The molecule has 24 heavy (non-hydrogen) atoms. The van der Waals surface area contributed by atoms with Crippen molar-refractivity contribution in [1.82, 2.24) is 10.6 Å². The Labute approximate surface area is 147 Å². The summed E-state index contributed by atoms with van der Waals surface area (Å²) in [7, 11) is 1.51. The second-order valence-corrected chi connectivity index (χ2v) is 5.54. The predicted molar refractivity (Wildman–Crippen MR) is 92.2 cm³/mol. The second kappa shape index (κ2) is 10.4. The van der Waals surface area contributed by atoms with Crippen LogP contribution in [-0.4, -0.2) is 61.7 Å². The van der Waals surface area contributed by atoms with E-state index in [1.54, 1.807) is 18.2 Å². The first-order valence-electron chi connectivity index (χ1n) is 7.74. The number of carbonyl (C=O) groups excluding carboxylic acids is 1. The molecule has 4 N–H and O–H groups in total. The number of rotatable bonds is 7. The molecule has 1 aliphatic rings. The van der Waals surface area contributed by atoms with E-state index in [2.05, 4.69) is 10.6 Å².